The molecule has 0 aliphatic carbocycles. The van der Waals surface area contributed by atoms with Crippen LogP contribution in [0.3, 0.4) is 0 Å². The van der Waals surface area contributed by atoms with Crippen molar-refractivity contribution >= 4 is 97.8 Å². The molecule has 0 saturated heterocycles. The van der Waals surface area contributed by atoms with Gasteiger partial charge in [-0.3, -0.25) is 9.59 Å². The third-order valence-corrected chi connectivity index (χ3v) is 14.3. The number of thiophene rings is 1. The highest BCUT2D eigenvalue weighted by atomic mass is 127. The van der Waals surface area contributed by atoms with Crippen molar-refractivity contribution in [2.45, 2.75) is 41.4 Å². The molecular weight excluding hydrogens is 639 g/mol. The number of allylic oxidation sites excluding steroid dienone is 3. The average molecular weight is 663 g/mol. The smallest absolute Gasteiger partial charge is 0.307 e. The number of thioether (sulfide) groups is 4. The number of carboxylic acids is 2. The lowest BCUT2D eigenvalue weighted by atomic mass is 9.91. The molecule has 34 heavy (non-hydrogen) atoms. The minimum absolute atomic E-state index is 0.000266. The molecule has 10 heteroatoms. The van der Waals surface area contributed by atoms with Gasteiger partial charge in [-0.25, -0.2) is 0 Å². The van der Waals surface area contributed by atoms with Gasteiger partial charge < -0.3 is 10.2 Å². The Balaban J connectivity index is 1.35. The summed E-state index contributed by atoms with van der Waals surface area (Å²) < 4.78 is 1.34. The van der Waals surface area contributed by atoms with Crippen LogP contribution in [0.2, 0.25) is 0 Å². The van der Waals surface area contributed by atoms with Crippen LogP contribution in [-0.4, -0.2) is 43.7 Å². The van der Waals surface area contributed by atoms with Gasteiger partial charge in [0.25, 0.3) is 0 Å². The minimum atomic E-state index is -0.765. The first-order valence-corrected chi connectivity index (χ1v) is 16.6. The van der Waals surface area contributed by atoms with E-state index in [0.29, 0.717) is 10.5 Å². The van der Waals surface area contributed by atoms with Gasteiger partial charge in [-0.1, -0.05) is 24.3 Å². The number of carbonyl (C=O) groups is 2. The zero-order valence-corrected chi connectivity index (χ0v) is 24.3. The maximum Gasteiger partial charge on any atom is 0.307 e. The number of hydrogen-bond donors (Lipinski definition) is 2. The number of aliphatic carboxylic acids is 2. The van der Waals surface area contributed by atoms with Crippen LogP contribution in [0.1, 0.15) is 30.6 Å². The van der Waals surface area contributed by atoms with E-state index in [9.17, 15) is 19.8 Å². The molecule has 5 heterocycles. The fourth-order valence-corrected chi connectivity index (χ4v) is 12.6. The first-order valence-electron chi connectivity index (χ1n) is 11.0. The van der Waals surface area contributed by atoms with Crippen molar-refractivity contribution in [3.63, 3.8) is 0 Å². The Kier molecular flexibility index (Phi) is 8.21. The van der Waals surface area contributed by atoms with Crippen molar-refractivity contribution in [2.24, 2.45) is 11.8 Å². The molecule has 1 aromatic heterocycles. The van der Waals surface area contributed by atoms with E-state index < -0.39 is 11.9 Å². The van der Waals surface area contributed by atoms with Crippen LogP contribution in [0, 0.1) is 11.8 Å². The predicted octanol–water partition coefficient (Wildman–Crippen LogP) is 7.56. The van der Waals surface area contributed by atoms with Gasteiger partial charge in [-0.2, -0.15) is 0 Å². The van der Waals surface area contributed by atoms with Crippen molar-refractivity contribution in [3.05, 3.63) is 58.9 Å². The highest BCUT2D eigenvalue weighted by Crippen LogP contribution is 2.56. The van der Waals surface area contributed by atoms with E-state index in [4.69, 9.17) is 0 Å². The fourth-order valence-electron chi connectivity index (χ4n) is 4.77. The molecule has 0 fully saturated rings. The Morgan fingerprint density at radius 1 is 1.06 bits per heavy atom. The summed E-state index contributed by atoms with van der Waals surface area (Å²) in [6, 6.07) is 4.14. The van der Waals surface area contributed by atoms with Gasteiger partial charge in [0.15, 0.2) is 0 Å². The molecule has 0 saturated carbocycles. The van der Waals surface area contributed by atoms with Crippen molar-refractivity contribution in [1.29, 1.82) is 0 Å². The van der Waals surface area contributed by atoms with Gasteiger partial charge in [0.1, 0.15) is 0 Å². The number of halogens is 1. The largest absolute Gasteiger partial charge is 0.481 e. The van der Waals surface area contributed by atoms with Crippen LogP contribution in [0.25, 0.3) is 4.91 Å². The zero-order chi connectivity index (χ0) is 23.8. The first-order chi connectivity index (χ1) is 16.4. The molecule has 1 aromatic rings. The molecule has 0 spiro atoms. The van der Waals surface area contributed by atoms with E-state index in [0.717, 1.165) is 24.2 Å². The molecule has 2 N–H and O–H groups in total. The molecule has 5 atom stereocenters. The Bertz CT molecular complexity index is 1110. The van der Waals surface area contributed by atoms with Gasteiger partial charge in [-0.05, 0) is 52.5 Å². The highest BCUT2D eigenvalue weighted by Gasteiger charge is 2.40. The monoisotopic (exact) mass is 662 g/mol. The lowest BCUT2D eigenvalue weighted by Crippen LogP contribution is -2.23. The molecule has 0 aromatic carbocycles. The SMILES string of the molecule is O=C(O)CC1=C(C2=C[C@H](C3SC(c4cccs4)=CC3CC(=O)O)CS2)SC([C@H]2CC=C(I)S2)C1. The second kappa shape index (κ2) is 11.0. The fraction of sp³-hybridized carbons (Fsp3) is 0.417. The summed E-state index contributed by atoms with van der Waals surface area (Å²) >= 11 is 11.5. The van der Waals surface area contributed by atoms with E-state index in [1.54, 1.807) is 11.3 Å². The Morgan fingerprint density at radius 3 is 2.59 bits per heavy atom. The third kappa shape index (κ3) is 5.66. The molecule has 0 bridgehead atoms. The summed E-state index contributed by atoms with van der Waals surface area (Å²) in [7, 11) is 0. The van der Waals surface area contributed by atoms with E-state index in [1.165, 1.54) is 22.5 Å². The van der Waals surface area contributed by atoms with E-state index in [-0.39, 0.29) is 29.9 Å². The van der Waals surface area contributed by atoms with Crippen molar-refractivity contribution < 1.29 is 19.8 Å². The van der Waals surface area contributed by atoms with Crippen LogP contribution < -0.4 is 0 Å². The lowest BCUT2D eigenvalue weighted by Gasteiger charge is -2.22. The molecule has 4 aliphatic rings. The molecular formula is C24H23IO4S5. The average Bonchev–Trinajstić information content (AvgIpc) is 3.57. The lowest BCUT2D eigenvalue weighted by molar-refractivity contribution is -0.138. The van der Waals surface area contributed by atoms with Gasteiger partial charge in [-0.15, -0.1) is 58.4 Å². The molecule has 0 amide bonds. The molecule has 0 radical (unpaired) electrons. The second-order valence-electron chi connectivity index (χ2n) is 8.62. The minimum Gasteiger partial charge on any atom is -0.481 e. The van der Waals surface area contributed by atoms with Gasteiger partial charge in [0.2, 0.25) is 0 Å². The maximum atomic E-state index is 11.6. The maximum absolute atomic E-state index is 11.6. The van der Waals surface area contributed by atoms with Gasteiger partial charge in [0, 0.05) is 55.8 Å². The topological polar surface area (TPSA) is 74.6 Å². The number of carboxylic acid groups (broad SMARTS) is 2. The van der Waals surface area contributed by atoms with Crippen LogP contribution in [0.15, 0.2) is 54.0 Å². The molecule has 4 nitrogen and oxygen atoms in total. The first kappa shape index (κ1) is 25.4. The third-order valence-electron chi connectivity index (χ3n) is 6.26. The molecule has 3 unspecified atom stereocenters. The van der Waals surface area contributed by atoms with Crippen molar-refractivity contribution in [3.8, 4) is 0 Å². The van der Waals surface area contributed by atoms with Crippen LogP contribution in [-0.2, 0) is 9.59 Å². The summed E-state index contributed by atoms with van der Waals surface area (Å²) in [6.45, 7) is 0. The van der Waals surface area contributed by atoms with E-state index in [1.807, 2.05) is 53.1 Å². The van der Waals surface area contributed by atoms with Crippen LogP contribution >= 0.6 is 81.0 Å². The second-order valence-corrected chi connectivity index (χ2v) is 16.3. The van der Waals surface area contributed by atoms with E-state index in [2.05, 4.69) is 52.3 Å². The normalized spacial score (nSPS) is 31.1. The Hall–Kier alpha value is -0.270. The number of hydrogen-bond acceptors (Lipinski definition) is 7. The van der Waals surface area contributed by atoms with E-state index >= 15 is 0 Å². The number of rotatable bonds is 8. The summed E-state index contributed by atoms with van der Waals surface area (Å²) in [6.07, 6.45) is 8.90. The molecule has 180 valence electrons. The molecule has 4 aliphatic heterocycles. The standard InChI is InChI=1S/C24H23IO4S5/c25-20-4-3-16(32-20)18-7-13(10-22(28)29)24(34-18)19-8-14(11-31-19)23-12(9-21(26)27)6-17(33-23)15-2-1-5-30-15/h1-2,4-6,8,12,14,16,18,23H,3,7,9-11H2,(H,26,27)(H,28,29)/t12?,14-,16+,18?,23?/m0/s1. The zero-order valence-electron chi connectivity index (χ0n) is 18.0. The Labute approximate surface area is 233 Å². The summed E-state index contributed by atoms with van der Waals surface area (Å²) in [5.41, 5.74) is 1.06. The summed E-state index contributed by atoms with van der Waals surface area (Å²) in [4.78, 5) is 28.0. The summed E-state index contributed by atoms with van der Waals surface area (Å²) in [5.74, 6) is -0.336. The van der Waals surface area contributed by atoms with Gasteiger partial charge >= 0.3 is 11.9 Å². The summed E-state index contributed by atoms with van der Waals surface area (Å²) in [5, 5.41) is 22.2. The quantitative estimate of drug-likeness (QED) is 0.277. The van der Waals surface area contributed by atoms with Crippen molar-refractivity contribution in [2.75, 3.05) is 5.75 Å². The highest BCUT2D eigenvalue weighted by molar-refractivity contribution is 14.1. The predicted molar refractivity (Wildman–Crippen MR) is 157 cm³/mol. The van der Waals surface area contributed by atoms with Crippen LogP contribution in [0.5, 0.6) is 0 Å². The van der Waals surface area contributed by atoms with Gasteiger partial charge in [0.05, 0.1) is 12.8 Å². The van der Waals surface area contributed by atoms with Crippen molar-refractivity contribution in [1.82, 2.24) is 0 Å². The molecule has 5 rings (SSSR count). The Morgan fingerprint density at radius 2 is 1.91 bits per heavy atom. The van der Waals surface area contributed by atoms with Crippen LogP contribution in [0.4, 0.5) is 0 Å².